The van der Waals surface area contributed by atoms with Crippen LogP contribution in [0.15, 0.2) is 60.3 Å². The number of fused-ring (bicyclic) bond motifs is 1. The summed E-state index contributed by atoms with van der Waals surface area (Å²) in [4.78, 5) is 15.3. The zero-order chi connectivity index (χ0) is 16.9. The zero-order valence-electron chi connectivity index (χ0n) is 12.9. The van der Waals surface area contributed by atoms with Crippen molar-refractivity contribution in [2.75, 3.05) is 5.73 Å². The minimum absolute atomic E-state index is 0.0502. The largest absolute Gasteiger partial charge is 0.399 e. The van der Waals surface area contributed by atoms with Crippen molar-refractivity contribution in [3.05, 3.63) is 71.4 Å². The van der Waals surface area contributed by atoms with E-state index in [1.807, 2.05) is 48.5 Å². The van der Waals surface area contributed by atoms with Crippen LogP contribution in [0.4, 0.5) is 5.69 Å². The molecule has 24 heavy (non-hydrogen) atoms. The number of amides is 1. The first kappa shape index (κ1) is 15.4. The first-order valence-corrected chi connectivity index (χ1v) is 7.48. The number of hydrogen-bond donors (Lipinski definition) is 3. The van der Waals surface area contributed by atoms with E-state index in [9.17, 15) is 10.1 Å². The standard InChI is InChI=1S/C19H16N4O/c20-10-14(19(24)23-11-13-4-2-1-3-5-13)8-15-12-22-18-7-6-16(21)9-17(15)18/h1-9,12,22H,11,21H2,(H,23,24). The highest BCUT2D eigenvalue weighted by Crippen LogP contribution is 2.23. The molecule has 5 nitrogen and oxygen atoms in total. The highest BCUT2D eigenvalue weighted by molar-refractivity contribution is 6.04. The number of rotatable bonds is 4. The van der Waals surface area contributed by atoms with E-state index in [2.05, 4.69) is 10.3 Å². The second kappa shape index (κ2) is 6.71. The van der Waals surface area contributed by atoms with Crippen molar-refractivity contribution in [3.63, 3.8) is 0 Å². The summed E-state index contributed by atoms with van der Waals surface area (Å²) in [6.45, 7) is 0.375. The maximum atomic E-state index is 12.2. The first-order valence-electron chi connectivity index (χ1n) is 7.48. The van der Waals surface area contributed by atoms with Crippen molar-refractivity contribution in [1.82, 2.24) is 10.3 Å². The van der Waals surface area contributed by atoms with E-state index >= 15 is 0 Å². The molecule has 3 aromatic rings. The van der Waals surface area contributed by atoms with Crippen LogP contribution in [0.25, 0.3) is 17.0 Å². The summed E-state index contributed by atoms with van der Waals surface area (Å²) in [5.41, 5.74) is 9.12. The van der Waals surface area contributed by atoms with E-state index in [-0.39, 0.29) is 5.57 Å². The van der Waals surface area contributed by atoms with Crippen molar-refractivity contribution in [2.45, 2.75) is 6.54 Å². The molecule has 1 aromatic heterocycles. The van der Waals surface area contributed by atoms with Gasteiger partial charge in [-0.15, -0.1) is 0 Å². The minimum Gasteiger partial charge on any atom is -0.399 e. The van der Waals surface area contributed by atoms with Crippen molar-refractivity contribution in [1.29, 1.82) is 5.26 Å². The number of nitrogens with zero attached hydrogens (tertiary/aromatic N) is 1. The van der Waals surface area contributed by atoms with Crippen LogP contribution < -0.4 is 11.1 Å². The quantitative estimate of drug-likeness (QED) is 0.392. The molecule has 0 aliphatic carbocycles. The lowest BCUT2D eigenvalue weighted by molar-refractivity contribution is -0.117. The number of anilines is 1. The number of nitriles is 1. The van der Waals surface area contributed by atoms with Crippen molar-refractivity contribution < 1.29 is 4.79 Å². The number of hydrogen-bond acceptors (Lipinski definition) is 3. The SMILES string of the molecule is N#CC(=Cc1c[nH]c2ccc(N)cc12)C(=O)NCc1ccccc1. The number of carbonyl (C=O) groups excluding carboxylic acids is 1. The summed E-state index contributed by atoms with van der Waals surface area (Å²) in [5.74, 6) is -0.403. The van der Waals surface area contributed by atoms with Crippen LogP contribution in [0.1, 0.15) is 11.1 Å². The van der Waals surface area contributed by atoms with Gasteiger partial charge in [0.15, 0.2) is 0 Å². The lowest BCUT2D eigenvalue weighted by Crippen LogP contribution is -2.23. The van der Waals surface area contributed by atoms with Crippen LogP contribution in [0, 0.1) is 11.3 Å². The Morgan fingerprint density at radius 1 is 1.25 bits per heavy atom. The Balaban J connectivity index is 1.82. The molecule has 0 aliphatic rings. The molecule has 5 heteroatoms. The smallest absolute Gasteiger partial charge is 0.262 e. The molecule has 0 atom stereocenters. The van der Waals surface area contributed by atoms with Gasteiger partial charge in [0.05, 0.1) is 0 Å². The monoisotopic (exact) mass is 316 g/mol. The molecule has 0 saturated heterocycles. The summed E-state index contributed by atoms with van der Waals surface area (Å²) in [7, 11) is 0. The molecule has 0 bridgehead atoms. The van der Waals surface area contributed by atoms with E-state index in [4.69, 9.17) is 5.73 Å². The van der Waals surface area contributed by atoms with Crippen LogP contribution >= 0.6 is 0 Å². The van der Waals surface area contributed by atoms with Crippen molar-refractivity contribution >= 4 is 28.6 Å². The maximum absolute atomic E-state index is 12.2. The van der Waals surface area contributed by atoms with E-state index in [1.165, 1.54) is 0 Å². The van der Waals surface area contributed by atoms with Gasteiger partial charge in [-0.05, 0) is 29.8 Å². The molecule has 1 amide bonds. The topological polar surface area (TPSA) is 94.7 Å². The number of carbonyl (C=O) groups is 1. The molecule has 118 valence electrons. The lowest BCUT2D eigenvalue weighted by Gasteiger charge is -2.04. The molecule has 0 fully saturated rings. The summed E-state index contributed by atoms with van der Waals surface area (Å²) >= 11 is 0. The Labute approximate surface area is 139 Å². The Bertz CT molecular complexity index is 948. The number of benzene rings is 2. The number of H-pyrrole nitrogens is 1. The second-order valence-electron chi connectivity index (χ2n) is 5.39. The van der Waals surface area contributed by atoms with E-state index in [0.29, 0.717) is 12.2 Å². The highest BCUT2D eigenvalue weighted by Gasteiger charge is 2.10. The maximum Gasteiger partial charge on any atom is 0.262 e. The van der Waals surface area contributed by atoms with Gasteiger partial charge in [-0.3, -0.25) is 4.79 Å². The zero-order valence-corrected chi connectivity index (χ0v) is 12.9. The van der Waals surface area contributed by atoms with Crippen LogP contribution in [-0.4, -0.2) is 10.9 Å². The molecule has 3 rings (SSSR count). The third-order valence-corrected chi connectivity index (χ3v) is 3.70. The molecule has 0 spiro atoms. The average Bonchev–Trinajstić information content (AvgIpc) is 3.00. The van der Waals surface area contributed by atoms with Gasteiger partial charge in [-0.2, -0.15) is 5.26 Å². The molecule has 0 unspecified atom stereocenters. The molecule has 0 radical (unpaired) electrons. The number of nitrogens with one attached hydrogen (secondary N) is 2. The fraction of sp³-hybridized carbons (Fsp3) is 0.0526. The fourth-order valence-electron chi connectivity index (χ4n) is 2.46. The van der Waals surface area contributed by atoms with Crippen molar-refractivity contribution in [3.8, 4) is 6.07 Å². The number of aromatic amines is 1. The van der Waals surface area contributed by atoms with Gasteiger partial charge in [-0.25, -0.2) is 0 Å². The molecule has 0 saturated carbocycles. The normalized spacial score (nSPS) is 11.2. The van der Waals surface area contributed by atoms with Gasteiger partial charge in [0, 0.05) is 34.9 Å². The summed E-state index contributed by atoms with van der Waals surface area (Å²) in [6.07, 6.45) is 3.32. The van der Waals surface area contributed by atoms with Gasteiger partial charge in [0.1, 0.15) is 11.6 Å². The average molecular weight is 316 g/mol. The summed E-state index contributed by atoms with van der Waals surface area (Å²) in [5, 5.41) is 12.9. The Morgan fingerprint density at radius 2 is 2.04 bits per heavy atom. The summed E-state index contributed by atoms with van der Waals surface area (Å²) in [6, 6.07) is 17.0. The van der Waals surface area contributed by atoms with E-state index < -0.39 is 5.91 Å². The second-order valence-corrected chi connectivity index (χ2v) is 5.39. The molecule has 2 aromatic carbocycles. The third kappa shape index (κ3) is 3.28. The Hall–Kier alpha value is -3.52. The molecule has 0 aliphatic heterocycles. The van der Waals surface area contributed by atoms with Gasteiger partial charge in [-0.1, -0.05) is 30.3 Å². The van der Waals surface area contributed by atoms with Crippen LogP contribution in [-0.2, 0) is 11.3 Å². The van der Waals surface area contributed by atoms with E-state index in [0.717, 1.165) is 22.0 Å². The van der Waals surface area contributed by atoms with E-state index in [1.54, 1.807) is 18.3 Å². The molecule has 1 heterocycles. The van der Waals surface area contributed by atoms with Crippen LogP contribution in [0.5, 0.6) is 0 Å². The Morgan fingerprint density at radius 3 is 2.79 bits per heavy atom. The van der Waals surface area contributed by atoms with Gasteiger partial charge >= 0.3 is 0 Å². The number of nitrogen functional groups attached to an aromatic ring is 1. The molecular formula is C19H16N4O. The van der Waals surface area contributed by atoms with Crippen LogP contribution in [0.2, 0.25) is 0 Å². The molecule has 4 N–H and O–H groups in total. The van der Waals surface area contributed by atoms with Gasteiger partial charge < -0.3 is 16.0 Å². The first-order chi connectivity index (χ1) is 11.7. The van der Waals surface area contributed by atoms with Crippen molar-refractivity contribution in [2.24, 2.45) is 0 Å². The number of aromatic nitrogens is 1. The lowest BCUT2D eigenvalue weighted by atomic mass is 10.1. The predicted molar refractivity (Wildman–Crippen MR) is 94.6 cm³/mol. The fourth-order valence-corrected chi connectivity index (χ4v) is 2.46. The van der Waals surface area contributed by atoms with Gasteiger partial charge in [0.2, 0.25) is 0 Å². The predicted octanol–water partition coefficient (Wildman–Crippen LogP) is 2.97. The molecular weight excluding hydrogens is 300 g/mol. The summed E-state index contributed by atoms with van der Waals surface area (Å²) < 4.78 is 0. The minimum atomic E-state index is -0.403. The third-order valence-electron chi connectivity index (χ3n) is 3.70. The number of nitrogens with two attached hydrogens (primary N) is 1. The van der Waals surface area contributed by atoms with Gasteiger partial charge in [0.25, 0.3) is 5.91 Å². The Kier molecular flexibility index (Phi) is 4.30. The van der Waals surface area contributed by atoms with Crippen LogP contribution in [0.3, 0.4) is 0 Å². The highest BCUT2D eigenvalue weighted by atomic mass is 16.1.